The zero-order valence-corrected chi connectivity index (χ0v) is 16.5. The van der Waals surface area contributed by atoms with Crippen LogP contribution in [0.15, 0.2) is 53.9 Å². The highest BCUT2D eigenvalue weighted by atomic mass is 32.1. The van der Waals surface area contributed by atoms with E-state index >= 15 is 0 Å². The number of nitrogens with one attached hydrogen (secondary N) is 1. The van der Waals surface area contributed by atoms with Crippen LogP contribution in [0.4, 0.5) is 5.69 Å². The summed E-state index contributed by atoms with van der Waals surface area (Å²) in [6.45, 7) is 1.96. The van der Waals surface area contributed by atoms with Gasteiger partial charge in [0.2, 0.25) is 0 Å². The van der Waals surface area contributed by atoms with E-state index in [1.165, 1.54) is 35.8 Å². The molecule has 4 rings (SSSR count). The highest BCUT2D eigenvalue weighted by Gasteiger charge is 2.13. The number of thiophene rings is 1. The van der Waals surface area contributed by atoms with E-state index in [4.69, 9.17) is 4.74 Å². The topological polar surface area (TPSA) is 55.4 Å². The first-order chi connectivity index (χ1) is 13.6. The number of carbonyl (C=O) groups is 2. The van der Waals surface area contributed by atoms with Gasteiger partial charge < -0.3 is 10.1 Å². The number of amides is 1. The number of hydrogen-bond acceptors (Lipinski definition) is 4. The van der Waals surface area contributed by atoms with Crippen LogP contribution >= 0.6 is 11.3 Å². The van der Waals surface area contributed by atoms with E-state index in [1.807, 2.05) is 17.5 Å². The molecule has 0 spiro atoms. The number of aryl methyl sites for hydroxylation is 2. The first kappa shape index (κ1) is 18.4. The zero-order chi connectivity index (χ0) is 19.5. The molecule has 0 saturated heterocycles. The Labute approximate surface area is 168 Å². The Kier molecular flexibility index (Phi) is 5.26. The van der Waals surface area contributed by atoms with Gasteiger partial charge in [0.05, 0.1) is 4.88 Å². The largest absolute Gasteiger partial charge is 0.489 e. The second kappa shape index (κ2) is 7.98. The van der Waals surface area contributed by atoms with Crippen LogP contribution in [-0.4, -0.2) is 11.7 Å². The normalized spacial score (nSPS) is 12.5. The summed E-state index contributed by atoms with van der Waals surface area (Å²) >= 11 is 1.39. The van der Waals surface area contributed by atoms with Gasteiger partial charge in [0.25, 0.3) is 5.91 Å². The minimum Gasteiger partial charge on any atom is -0.489 e. The number of benzene rings is 2. The molecule has 0 unspecified atom stereocenters. The Bertz CT molecular complexity index is 1020. The molecule has 1 aliphatic carbocycles. The Morgan fingerprint density at radius 3 is 2.61 bits per heavy atom. The van der Waals surface area contributed by atoms with Gasteiger partial charge in [-0.2, -0.15) is 0 Å². The second-order valence-corrected chi connectivity index (χ2v) is 7.89. The fourth-order valence-electron chi connectivity index (χ4n) is 3.36. The smallest absolute Gasteiger partial charge is 0.265 e. The molecule has 1 N–H and O–H groups in total. The first-order valence-electron chi connectivity index (χ1n) is 9.33. The molecule has 1 aromatic heterocycles. The fourth-order valence-corrected chi connectivity index (χ4v) is 4.15. The maximum Gasteiger partial charge on any atom is 0.265 e. The number of anilines is 1. The van der Waals surface area contributed by atoms with Gasteiger partial charge in [-0.15, -0.1) is 11.3 Å². The summed E-state index contributed by atoms with van der Waals surface area (Å²) in [6, 6.07) is 15.1. The molecular formula is C23H21NO3S. The van der Waals surface area contributed by atoms with Crippen LogP contribution < -0.4 is 10.1 Å². The van der Waals surface area contributed by atoms with Gasteiger partial charge in [-0.25, -0.2) is 0 Å². The van der Waals surface area contributed by atoms with Crippen molar-refractivity contribution in [1.82, 2.24) is 0 Å². The van der Waals surface area contributed by atoms with Gasteiger partial charge in [0.15, 0.2) is 5.78 Å². The van der Waals surface area contributed by atoms with E-state index in [0.29, 0.717) is 22.7 Å². The van der Waals surface area contributed by atoms with Gasteiger partial charge in [-0.1, -0.05) is 6.07 Å². The van der Waals surface area contributed by atoms with E-state index in [0.717, 1.165) is 24.2 Å². The highest BCUT2D eigenvalue weighted by Crippen LogP contribution is 2.27. The fraction of sp³-hybridized carbons (Fsp3) is 0.217. The average molecular weight is 391 g/mol. The molecule has 0 bridgehead atoms. The lowest BCUT2D eigenvalue weighted by Crippen LogP contribution is -2.10. The van der Waals surface area contributed by atoms with Gasteiger partial charge >= 0.3 is 0 Å². The minimum absolute atomic E-state index is 0.00384. The Balaban J connectivity index is 1.35. The number of ketones is 1. The lowest BCUT2D eigenvalue weighted by Gasteiger charge is -2.07. The molecule has 3 aromatic rings. The summed E-state index contributed by atoms with van der Waals surface area (Å²) in [7, 11) is 0. The predicted molar refractivity (Wildman–Crippen MR) is 112 cm³/mol. The zero-order valence-electron chi connectivity index (χ0n) is 15.7. The molecule has 0 saturated carbocycles. The maximum absolute atomic E-state index is 12.4. The van der Waals surface area contributed by atoms with Crippen LogP contribution in [0, 0.1) is 0 Å². The molecule has 28 heavy (non-hydrogen) atoms. The standard InChI is InChI=1S/C23H21NO3S/c1-15(25)17-5-8-20(9-6-17)24-23(26)22-11-16(14-28-22)13-27-21-10-7-18-3-2-4-19(18)12-21/h5-12,14H,2-4,13H2,1H3,(H,24,26). The number of rotatable bonds is 6. The van der Waals surface area contributed by atoms with Gasteiger partial charge in [0, 0.05) is 16.8 Å². The van der Waals surface area contributed by atoms with Crippen molar-refractivity contribution < 1.29 is 14.3 Å². The number of Topliss-reactive ketones (excluding diaryl/α,β-unsaturated/α-hetero) is 1. The third kappa shape index (κ3) is 4.15. The van der Waals surface area contributed by atoms with E-state index in [9.17, 15) is 9.59 Å². The van der Waals surface area contributed by atoms with Crippen LogP contribution in [0.2, 0.25) is 0 Å². The van der Waals surface area contributed by atoms with Crippen molar-refractivity contribution in [1.29, 1.82) is 0 Å². The summed E-state index contributed by atoms with van der Waals surface area (Å²) in [5.74, 6) is 0.719. The Morgan fingerprint density at radius 1 is 1.04 bits per heavy atom. The maximum atomic E-state index is 12.4. The number of hydrogen-bond donors (Lipinski definition) is 1. The quantitative estimate of drug-likeness (QED) is 0.582. The number of ether oxygens (including phenoxy) is 1. The van der Waals surface area contributed by atoms with E-state index in [2.05, 4.69) is 17.4 Å². The van der Waals surface area contributed by atoms with Crippen molar-refractivity contribution in [2.24, 2.45) is 0 Å². The third-order valence-corrected chi connectivity index (χ3v) is 5.88. The minimum atomic E-state index is -0.163. The van der Waals surface area contributed by atoms with E-state index in [-0.39, 0.29) is 11.7 Å². The molecule has 5 heteroatoms. The average Bonchev–Trinajstić information content (AvgIpc) is 3.35. The third-order valence-electron chi connectivity index (χ3n) is 4.90. The SMILES string of the molecule is CC(=O)c1ccc(NC(=O)c2cc(COc3ccc4c(c3)CCC4)cs2)cc1. The molecule has 1 heterocycles. The Hall–Kier alpha value is -2.92. The summed E-state index contributed by atoms with van der Waals surface area (Å²) in [5, 5.41) is 4.80. The van der Waals surface area contributed by atoms with Crippen molar-refractivity contribution in [2.45, 2.75) is 32.8 Å². The molecule has 0 radical (unpaired) electrons. The number of fused-ring (bicyclic) bond motifs is 1. The summed E-state index contributed by atoms with van der Waals surface area (Å²) in [4.78, 5) is 24.4. The molecular weight excluding hydrogens is 370 g/mol. The number of carbonyl (C=O) groups excluding carboxylic acids is 2. The summed E-state index contributed by atoms with van der Waals surface area (Å²) in [5.41, 5.74) is 5.08. The molecule has 0 aliphatic heterocycles. The second-order valence-electron chi connectivity index (χ2n) is 6.98. The van der Waals surface area contributed by atoms with Crippen LogP contribution in [0.1, 0.15) is 50.1 Å². The van der Waals surface area contributed by atoms with Crippen molar-refractivity contribution in [2.75, 3.05) is 5.32 Å². The van der Waals surface area contributed by atoms with Crippen LogP contribution in [0.3, 0.4) is 0 Å². The van der Waals surface area contributed by atoms with E-state index in [1.54, 1.807) is 24.3 Å². The van der Waals surface area contributed by atoms with Crippen LogP contribution in [0.5, 0.6) is 5.75 Å². The lowest BCUT2D eigenvalue weighted by atomic mass is 10.1. The predicted octanol–water partition coefficient (Wildman–Crippen LogP) is 5.27. The lowest BCUT2D eigenvalue weighted by molar-refractivity contribution is 0.101. The van der Waals surface area contributed by atoms with Crippen molar-refractivity contribution in [3.8, 4) is 5.75 Å². The van der Waals surface area contributed by atoms with Gasteiger partial charge in [-0.3, -0.25) is 9.59 Å². The van der Waals surface area contributed by atoms with Crippen LogP contribution in [0.25, 0.3) is 0 Å². The van der Waals surface area contributed by atoms with Crippen molar-refractivity contribution >= 4 is 28.7 Å². The highest BCUT2D eigenvalue weighted by molar-refractivity contribution is 7.12. The molecule has 0 fully saturated rings. The molecule has 0 atom stereocenters. The molecule has 4 nitrogen and oxygen atoms in total. The van der Waals surface area contributed by atoms with Crippen molar-refractivity contribution in [3.63, 3.8) is 0 Å². The van der Waals surface area contributed by atoms with Gasteiger partial charge in [0.1, 0.15) is 12.4 Å². The van der Waals surface area contributed by atoms with Crippen LogP contribution in [-0.2, 0) is 19.4 Å². The van der Waals surface area contributed by atoms with Crippen molar-refractivity contribution in [3.05, 3.63) is 81.0 Å². The first-order valence-corrected chi connectivity index (χ1v) is 10.2. The molecule has 1 amide bonds. The Morgan fingerprint density at radius 2 is 1.82 bits per heavy atom. The molecule has 2 aromatic carbocycles. The van der Waals surface area contributed by atoms with E-state index < -0.39 is 0 Å². The molecule has 1 aliphatic rings. The summed E-state index contributed by atoms with van der Waals surface area (Å²) < 4.78 is 5.91. The monoisotopic (exact) mass is 391 g/mol. The summed E-state index contributed by atoms with van der Waals surface area (Å²) in [6.07, 6.45) is 3.51. The van der Waals surface area contributed by atoms with Gasteiger partial charge in [-0.05, 0) is 85.2 Å². The molecule has 142 valence electrons.